The molecule has 1 saturated carbocycles. The van der Waals surface area contributed by atoms with Crippen LogP contribution in [0.1, 0.15) is 26.2 Å². The van der Waals surface area contributed by atoms with Crippen LogP contribution >= 0.6 is 11.3 Å². The van der Waals surface area contributed by atoms with Crippen LogP contribution in [0.25, 0.3) is 10.2 Å². The lowest BCUT2D eigenvalue weighted by atomic mass is 10.0. The molecule has 0 aliphatic heterocycles. The number of aromatic nitrogens is 1. The molecule has 1 aliphatic rings. The second-order valence-electron chi connectivity index (χ2n) is 5.62. The van der Waals surface area contributed by atoms with Crippen LogP contribution in [0.5, 0.6) is 5.75 Å². The maximum atomic E-state index is 12.3. The fourth-order valence-electron chi connectivity index (χ4n) is 2.87. The van der Waals surface area contributed by atoms with Gasteiger partial charge in [0.2, 0.25) is 5.91 Å². The lowest BCUT2D eigenvalue weighted by Gasteiger charge is -2.08. The van der Waals surface area contributed by atoms with Gasteiger partial charge >= 0.3 is 5.97 Å². The number of rotatable bonds is 5. The number of benzene rings is 1. The Morgan fingerprint density at radius 1 is 1.39 bits per heavy atom. The summed E-state index contributed by atoms with van der Waals surface area (Å²) in [6, 6.07) is 5.62. The van der Waals surface area contributed by atoms with Gasteiger partial charge in [-0.05, 0) is 44.4 Å². The van der Waals surface area contributed by atoms with Crippen LogP contribution in [-0.2, 0) is 9.59 Å². The minimum Gasteiger partial charge on any atom is -0.494 e. The predicted octanol–water partition coefficient (Wildman–Crippen LogP) is 3.13. The number of hydrogen-bond donors (Lipinski definition) is 2. The van der Waals surface area contributed by atoms with E-state index in [1.54, 1.807) is 0 Å². The number of carbonyl (C=O) groups excluding carboxylic acids is 1. The lowest BCUT2D eigenvalue weighted by molar-refractivity contribution is -0.141. The van der Waals surface area contributed by atoms with Crippen molar-refractivity contribution in [3.8, 4) is 5.75 Å². The van der Waals surface area contributed by atoms with Gasteiger partial charge in [0.25, 0.3) is 0 Å². The van der Waals surface area contributed by atoms with Crippen molar-refractivity contribution in [2.75, 3.05) is 11.9 Å². The minimum atomic E-state index is -0.816. The number of amides is 1. The highest BCUT2D eigenvalue weighted by Gasteiger charge is 2.34. The van der Waals surface area contributed by atoms with Crippen LogP contribution in [0.4, 0.5) is 5.13 Å². The average Bonchev–Trinajstić information content (AvgIpc) is 3.13. The molecule has 1 fully saturated rings. The largest absolute Gasteiger partial charge is 0.494 e. The fourth-order valence-corrected chi connectivity index (χ4v) is 3.76. The van der Waals surface area contributed by atoms with Gasteiger partial charge in [-0.1, -0.05) is 11.3 Å². The molecule has 1 aromatic heterocycles. The fraction of sp³-hybridized carbons (Fsp3) is 0.438. The molecule has 1 amide bonds. The number of carboxylic acids is 1. The van der Waals surface area contributed by atoms with Crippen molar-refractivity contribution in [1.29, 1.82) is 0 Å². The monoisotopic (exact) mass is 334 g/mol. The standard InChI is InChI=1S/C16H18N2O4S/c1-2-22-11-5-6-12-13(8-11)23-16(17-12)18-14(19)9-3-4-10(7-9)15(20)21/h5-6,8-10H,2-4,7H2,1H3,(H,20,21)(H,17,18,19)/t9-,10-/m1/s1. The smallest absolute Gasteiger partial charge is 0.306 e. The summed E-state index contributed by atoms with van der Waals surface area (Å²) in [6.45, 7) is 2.52. The van der Waals surface area contributed by atoms with Crippen LogP contribution in [0.3, 0.4) is 0 Å². The van der Waals surface area contributed by atoms with E-state index in [1.807, 2.05) is 25.1 Å². The molecule has 0 radical (unpaired) electrons. The van der Waals surface area contributed by atoms with E-state index in [1.165, 1.54) is 11.3 Å². The van der Waals surface area contributed by atoms with Crippen LogP contribution in [0.2, 0.25) is 0 Å². The Bertz CT molecular complexity index is 743. The molecule has 0 spiro atoms. The van der Waals surface area contributed by atoms with E-state index in [-0.39, 0.29) is 11.8 Å². The Labute approximate surface area is 137 Å². The number of carboxylic acid groups (broad SMARTS) is 1. The van der Waals surface area contributed by atoms with Gasteiger partial charge in [-0.3, -0.25) is 9.59 Å². The highest BCUT2D eigenvalue weighted by atomic mass is 32.1. The summed E-state index contributed by atoms with van der Waals surface area (Å²) in [5.41, 5.74) is 0.809. The van der Waals surface area contributed by atoms with Crippen molar-refractivity contribution < 1.29 is 19.4 Å². The number of fused-ring (bicyclic) bond motifs is 1. The summed E-state index contributed by atoms with van der Waals surface area (Å²) >= 11 is 1.39. The van der Waals surface area contributed by atoms with E-state index in [2.05, 4.69) is 10.3 Å². The second-order valence-corrected chi connectivity index (χ2v) is 6.65. The van der Waals surface area contributed by atoms with Crippen molar-refractivity contribution in [3.05, 3.63) is 18.2 Å². The van der Waals surface area contributed by atoms with Gasteiger partial charge in [-0.25, -0.2) is 4.98 Å². The molecule has 2 aromatic rings. The number of aliphatic carboxylic acids is 1. The van der Waals surface area contributed by atoms with E-state index in [0.29, 0.717) is 31.0 Å². The highest BCUT2D eigenvalue weighted by Crippen LogP contribution is 2.33. The Kier molecular flexibility index (Phi) is 4.47. The van der Waals surface area contributed by atoms with Crippen molar-refractivity contribution in [2.24, 2.45) is 11.8 Å². The van der Waals surface area contributed by atoms with Gasteiger partial charge in [0, 0.05) is 5.92 Å². The third-order valence-corrected chi connectivity index (χ3v) is 4.99. The van der Waals surface area contributed by atoms with Gasteiger partial charge < -0.3 is 15.2 Å². The molecule has 2 atom stereocenters. The van der Waals surface area contributed by atoms with Crippen molar-refractivity contribution in [3.63, 3.8) is 0 Å². The van der Waals surface area contributed by atoms with E-state index >= 15 is 0 Å². The Hall–Kier alpha value is -2.15. The van der Waals surface area contributed by atoms with Gasteiger partial charge in [-0.15, -0.1) is 0 Å². The summed E-state index contributed by atoms with van der Waals surface area (Å²) in [6.07, 6.45) is 1.58. The Morgan fingerprint density at radius 3 is 2.87 bits per heavy atom. The number of thiazole rings is 1. The molecule has 7 heteroatoms. The zero-order valence-electron chi connectivity index (χ0n) is 12.7. The maximum Gasteiger partial charge on any atom is 0.306 e. The van der Waals surface area contributed by atoms with E-state index in [0.717, 1.165) is 16.0 Å². The topological polar surface area (TPSA) is 88.5 Å². The van der Waals surface area contributed by atoms with Crippen molar-refractivity contribution in [2.45, 2.75) is 26.2 Å². The van der Waals surface area contributed by atoms with Crippen molar-refractivity contribution >= 4 is 38.6 Å². The van der Waals surface area contributed by atoms with Gasteiger partial charge in [-0.2, -0.15) is 0 Å². The van der Waals surface area contributed by atoms with Crippen LogP contribution < -0.4 is 10.1 Å². The van der Waals surface area contributed by atoms with Crippen LogP contribution in [-0.4, -0.2) is 28.6 Å². The van der Waals surface area contributed by atoms with Gasteiger partial charge in [0.15, 0.2) is 5.13 Å². The zero-order valence-corrected chi connectivity index (χ0v) is 13.6. The molecule has 0 saturated heterocycles. The Balaban J connectivity index is 1.69. The number of nitrogens with one attached hydrogen (secondary N) is 1. The minimum absolute atomic E-state index is 0.141. The molecular formula is C16H18N2O4S. The molecule has 2 N–H and O–H groups in total. The summed E-state index contributed by atoms with van der Waals surface area (Å²) < 4.78 is 6.40. The number of carbonyl (C=O) groups is 2. The first kappa shape index (κ1) is 15.7. The van der Waals surface area contributed by atoms with E-state index < -0.39 is 11.9 Å². The summed E-state index contributed by atoms with van der Waals surface area (Å²) in [5, 5.41) is 12.4. The molecular weight excluding hydrogens is 316 g/mol. The van der Waals surface area contributed by atoms with Gasteiger partial charge in [0.05, 0.1) is 22.7 Å². The highest BCUT2D eigenvalue weighted by molar-refractivity contribution is 7.22. The third-order valence-electron chi connectivity index (χ3n) is 4.05. The molecule has 1 heterocycles. The SMILES string of the molecule is CCOc1ccc2nc(NC(=O)[C@@H]3CC[C@@H](C(=O)O)C3)sc2c1. The number of anilines is 1. The summed E-state index contributed by atoms with van der Waals surface area (Å²) in [5.74, 6) is -0.833. The normalized spacial score (nSPS) is 20.6. The second kappa shape index (κ2) is 6.54. The Morgan fingerprint density at radius 2 is 2.17 bits per heavy atom. The summed E-state index contributed by atoms with van der Waals surface area (Å²) in [4.78, 5) is 27.6. The first-order valence-corrected chi connectivity index (χ1v) is 8.45. The summed E-state index contributed by atoms with van der Waals surface area (Å²) in [7, 11) is 0. The third kappa shape index (κ3) is 3.44. The van der Waals surface area contributed by atoms with E-state index in [4.69, 9.17) is 9.84 Å². The molecule has 0 bridgehead atoms. The molecule has 6 nitrogen and oxygen atoms in total. The molecule has 122 valence electrons. The zero-order chi connectivity index (χ0) is 16.4. The molecule has 1 aromatic carbocycles. The van der Waals surface area contributed by atoms with Crippen LogP contribution in [0, 0.1) is 11.8 Å². The van der Waals surface area contributed by atoms with Gasteiger partial charge in [0.1, 0.15) is 5.75 Å². The average molecular weight is 334 g/mol. The first-order chi connectivity index (χ1) is 11.1. The van der Waals surface area contributed by atoms with E-state index in [9.17, 15) is 9.59 Å². The predicted molar refractivity (Wildman–Crippen MR) is 87.9 cm³/mol. The first-order valence-electron chi connectivity index (χ1n) is 7.64. The molecule has 1 aliphatic carbocycles. The lowest BCUT2D eigenvalue weighted by Crippen LogP contribution is -2.21. The number of nitrogens with zero attached hydrogens (tertiary/aromatic N) is 1. The molecule has 0 unspecified atom stereocenters. The number of hydrogen-bond acceptors (Lipinski definition) is 5. The molecule has 3 rings (SSSR count). The van der Waals surface area contributed by atoms with Crippen LogP contribution in [0.15, 0.2) is 18.2 Å². The quantitative estimate of drug-likeness (QED) is 0.877. The maximum absolute atomic E-state index is 12.3. The van der Waals surface area contributed by atoms with Crippen molar-refractivity contribution in [1.82, 2.24) is 4.98 Å². The molecule has 23 heavy (non-hydrogen) atoms. The number of ether oxygens (including phenoxy) is 1.